The maximum absolute atomic E-state index is 11.4. The molecule has 0 atom stereocenters. The van der Waals surface area contributed by atoms with Gasteiger partial charge in [-0.1, -0.05) is 12.1 Å². The van der Waals surface area contributed by atoms with Crippen molar-refractivity contribution in [3.8, 4) is 0 Å². The summed E-state index contributed by atoms with van der Waals surface area (Å²) in [4.78, 5) is 18.0. The van der Waals surface area contributed by atoms with Crippen molar-refractivity contribution in [1.82, 2.24) is 4.98 Å². The third kappa shape index (κ3) is 3.81. The van der Waals surface area contributed by atoms with Crippen LogP contribution in [0.3, 0.4) is 0 Å². The van der Waals surface area contributed by atoms with Crippen molar-refractivity contribution in [1.29, 1.82) is 0 Å². The van der Waals surface area contributed by atoms with E-state index in [0.29, 0.717) is 12.1 Å². The van der Waals surface area contributed by atoms with Crippen LogP contribution in [0, 0.1) is 6.92 Å². The summed E-state index contributed by atoms with van der Waals surface area (Å²) < 4.78 is 4.67. The average molecular weight is 284 g/mol. The quantitative estimate of drug-likeness (QED) is 0.791. The lowest BCUT2D eigenvalue weighted by atomic mass is 10.2. The Kier molecular flexibility index (Phi) is 4.93. The molecule has 0 amide bonds. The molecule has 0 aliphatic carbocycles. The van der Waals surface area contributed by atoms with E-state index in [1.165, 1.54) is 18.4 Å². The lowest BCUT2D eigenvalue weighted by Gasteiger charge is -2.23. The van der Waals surface area contributed by atoms with Crippen LogP contribution in [-0.2, 0) is 11.3 Å². The van der Waals surface area contributed by atoms with Gasteiger partial charge in [-0.25, -0.2) is 4.79 Å². The maximum Gasteiger partial charge on any atom is 0.339 e. The number of rotatable bonds is 5. The van der Waals surface area contributed by atoms with Gasteiger partial charge in [0.1, 0.15) is 0 Å². The molecule has 0 N–H and O–H groups in total. The van der Waals surface area contributed by atoms with Crippen molar-refractivity contribution in [3.63, 3.8) is 0 Å². The summed E-state index contributed by atoms with van der Waals surface area (Å²) in [5.41, 5.74) is 3.81. The minimum atomic E-state index is -0.361. The summed E-state index contributed by atoms with van der Waals surface area (Å²) in [6.07, 6.45) is 1.56. The minimum absolute atomic E-state index is 0.361. The SMILES string of the molecule is CCN(Cc1ccc(C(=O)OC)cn1)c1cccc(C)c1. The molecule has 1 heterocycles. The standard InChI is InChI=1S/C17H20N2O2/c1-4-19(16-7-5-6-13(2)10-16)12-15-9-8-14(11-18-15)17(20)21-3/h5-11H,4,12H2,1-3H3. The molecule has 4 nitrogen and oxygen atoms in total. The van der Waals surface area contributed by atoms with Crippen LogP contribution in [0.1, 0.15) is 28.5 Å². The van der Waals surface area contributed by atoms with Crippen LogP contribution in [0.25, 0.3) is 0 Å². The van der Waals surface area contributed by atoms with E-state index < -0.39 is 0 Å². The van der Waals surface area contributed by atoms with Crippen LogP contribution in [0.2, 0.25) is 0 Å². The van der Waals surface area contributed by atoms with E-state index in [2.05, 4.69) is 52.7 Å². The Bertz CT molecular complexity index is 608. The van der Waals surface area contributed by atoms with E-state index in [4.69, 9.17) is 0 Å². The second-order valence-corrected chi connectivity index (χ2v) is 4.88. The van der Waals surface area contributed by atoms with E-state index in [1.807, 2.05) is 6.07 Å². The van der Waals surface area contributed by atoms with Gasteiger partial charge in [0, 0.05) is 18.4 Å². The Morgan fingerprint density at radius 2 is 2.10 bits per heavy atom. The zero-order chi connectivity index (χ0) is 15.2. The number of benzene rings is 1. The normalized spacial score (nSPS) is 10.2. The Hall–Kier alpha value is -2.36. The van der Waals surface area contributed by atoms with E-state index in [-0.39, 0.29) is 5.97 Å². The molecule has 0 saturated carbocycles. The van der Waals surface area contributed by atoms with Crippen LogP contribution >= 0.6 is 0 Å². The number of carbonyl (C=O) groups excluding carboxylic acids is 1. The molecule has 0 bridgehead atoms. The van der Waals surface area contributed by atoms with Gasteiger partial charge in [-0.15, -0.1) is 0 Å². The summed E-state index contributed by atoms with van der Waals surface area (Å²) in [5.74, 6) is -0.361. The molecular weight excluding hydrogens is 264 g/mol. The smallest absolute Gasteiger partial charge is 0.339 e. The Morgan fingerprint density at radius 3 is 2.67 bits per heavy atom. The van der Waals surface area contributed by atoms with Gasteiger partial charge in [0.25, 0.3) is 0 Å². The number of aryl methyl sites for hydroxylation is 1. The zero-order valence-electron chi connectivity index (χ0n) is 12.7. The number of pyridine rings is 1. The van der Waals surface area contributed by atoms with Gasteiger partial charge in [-0.2, -0.15) is 0 Å². The zero-order valence-corrected chi connectivity index (χ0v) is 12.7. The number of nitrogens with zero attached hydrogens (tertiary/aromatic N) is 2. The first kappa shape index (κ1) is 15.0. The Balaban J connectivity index is 2.13. The second kappa shape index (κ2) is 6.88. The molecule has 0 spiro atoms. The fourth-order valence-electron chi connectivity index (χ4n) is 2.16. The summed E-state index contributed by atoms with van der Waals surface area (Å²) in [7, 11) is 1.37. The van der Waals surface area contributed by atoms with Gasteiger partial charge < -0.3 is 9.64 Å². The highest BCUT2D eigenvalue weighted by Gasteiger charge is 2.09. The molecule has 1 aromatic carbocycles. The fraction of sp³-hybridized carbons (Fsp3) is 0.294. The van der Waals surface area contributed by atoms with Gasteiger partial charge in [0.2, 0.25) is 0 Å². The number of anilines is 1. The van der Waals surface area contributed by atoms with E-state index in [9.17, 15) is 4.79 Å². The lowest BCUT2D eigenvalue weighted by Crippen LogP contribution is -2.22. The van der Waals surface area contributed by atoms with Crippen LogP contribution in [0.15, 0.2) is 42.6 Å². The molecule has 21 heavy (non-hydrogen) atoms. The van der Waals surface area contributed by atoms with Crippen molar-refractivity contribution in [3.05, 3.63) is 59.4 Å². The van der Waals surface area contributed by atoms with Gasteiger partial charge in [-0.05, 0) is 43.7 Å². The van der Waals surface area contributed by atoms with Gasteiger partial charge in [-0.3, -0.25) is 4.98 Å². The molecule has 0 aliphatic rings. The number of hydrogen-bond donors (Lipinski definition) is 0. The first-order valence-electron chi connectivity index (χ1n) is 6.99. The molecule has 0 unspecified atom stereocenters. The molecule has 0 saturated heterocycles. The van der Waals surface area contributed by atoms with Gasteiger partial charge in [0.15, 0.2) is 0 Å². The Morgan fingerprint density at radius 1 is 1.29 bits per heavy atom. The molecule has 110 valence electrons. The first-order chi connectivity index (χ1) is 10.1. The summed E-state index contributed by atoms with van der Waals surface area (Å²) in [6, 6.07) is 12.0. The topological polar surface area (TPSA) is 42.4 Å². The van der Waals surface area contributed by atoms with E-state index in [0.717, 1.165) is 12.2 Å². The highest BCUT2D eigenvalue weighted by Crippen LogP contribution is 2.18. The first-order valence-corrected chi connectivity index (χ1v) is 6.99. The molecule has 0 fully saturated rings. The number of esters is 1. The largest absolute Gasteiger partial charge is 0.465 e. The van der Waals surface area contributed by atoms with Crippen molar-refractivity contribution >= 4 is 11.7 Å². The second-order valence-electron chi connectivity index (χ2n) is 4.88. The molecule has 2 rings (SSSR count). The average Bonchev–Trinajstić information content (AvgIpc) is 2.52. The summed E-state index contributed by atoms with van der Waals surface area (Å²) in [5, 5.41) is 0. The van der Waals surface area contributed by atoms with Gasteiger partial charge >= 0.3 is 5.97 Å². The predicted octanol–water partition coefficient (Wildman–Crippen LogP) is 3.20. The Labute approximate surface area is 125 Å². The van der Waals surface area contributed by atoms with Gasteiger partial charge in [0.05, 0.1) is 24.9 Å². The fourth-order valence-corrected chi connectivity index (χ4v) is 2.16. The molecule has 2 aromatic rings. The van der Waals surface area contributed by atoms with Crippen molar-refractivity contribution in [2.24, 2.45) is 0 Å². The predicted molar refractivity (Wildman–Crippen MR) is 83.5 cm³/mol. The third-order valence-electron chi connectivity index (χ3n) is 3.35. The van der Waals surface area contributed by atoms with Crippen LogP contribution in [0.5, 0.6) is 0 Å². The van der Waals surface area contributed by atoms with E-state index >= 15 is 0 Å². The number of aromatic nitrogens is 1. The summed E-state index contributed by atoms with van der Waals surface area (Å²) in [6.45, 7) is 5.80. The third-order valence-corrected chi connectivity index (χ3v) is 3.35. The number of carbonyl (C=O) groups is 1. The molecular formula is C17H20N2O2. The van der Waals surface area contributed by atoms with Crippen molar-refractivity contribution in [2.45, 2.75) is 20.4 Å². The van der Waals surface area contributed by atoms with Crippen LogP contribution < -0.4 is 4.90 Å². The molecule has 4 heteroatoms. The maximum atomic E-state index is 11.4. The highest BCUT2D eigenvalue weighted by molar-refractivity contribution is 5.88. The lowest BCUT2D eigenvalue weighted by molar-refractivity contribution is 0.0600. The number of ether oxygens (including phenoxy) is 1. The van der Waals surface area contributed by atoms with Crippen LogP contribution in [0.4, 0.5) is 5.69 Å². The molecule has 0 radical (unpaired) electrons. The molecule has 1 aromatic heterocycles. The molecule has 0 aliphatic heterocycles. The highest BCUT2D eigenvalue weighted by atomic mass is 16.5. The van der Waals surface area contributed by atoms with E-state index in [1.54, 1.807) is 12.3 Å². The van der Waals surface area contributed by atoms with Crippen molar-refractivity contribution in [2.75, 3.05) is 18.6 Å². The van der Waals surface area contributed by atoms with Crippen molar-refractivity contribution < 1.29 is 9.53 Å². The minimum Gasteiger partial charge on any atom is -0.465 e. The number of hydrogen-bond acceptors (Lipinski definition) is 4. The summed E-state index contributed by atoms with van der Waals surface area (Å²) >= 11 is 0. The van der Waals surface area contributed by atoms with Crippen LogP contribution in [-0.4, -0.2) is 24.6 Å². The number of methoxy groups -OCH3 is 1. The monoisotopic (exact) mass is 284 g/mol.